The summed E-state index contributed by atoms with van der Waals surface area (Å²) < 4.78 is 0. The second-order valence-corrected chi connectivity index (χ2v) is 10.5. The summed E-state index contributed by atoms with van der Waals surface area (Å²) in [6.07, 6.45) is 0. The van der Waals surface area contributed by atoms with Crippen LogP contribution in [-0.2, 0) is 0 Å². The van der Waals surface area contributed by atoms with Gasteiger partial charge in [0, 0.05) is 51.2 Å². The molecule has 0 fully saturated rings. The average molecular weight is 549 g/mol. The Bertz CT molecular complexity index is 2300. The minimum atomic E-state index is -0.616. The van der Waals surface area contributed by atoms with Crippen LogP contribution in [0.15, 0.2) is 97.1 Å². The Morgan fingerprint density at radius 3 is 1.83 bits per heavy atom. The van der Waals surface area contributed by atoms with E-state index in [1.165, 1.54) is 24.3 Å². The first kappa shape index (κ1) is 23.8. The highest BCUT2D eigenvalue weighted by Crippen LogP contribution is 2.47. The van der Waals surface area contributed by atoms with Gasteiger partial charge in [-0.3, -0.25) is 29.8 Å². The van der Waals surface area contributed by atoms with Gasteiger partial charge in [0.25, 0.3) is 11.4 Å². The molecule has 198 valence electrons. The van der Waals surface area contributed by atoms with Crippen LogP contribution < -0.4 is 0 Å². The van der Waals surface area contributed by atoms with Gasteiger partial charge >= 0.3 is 0 Å². The third-order valence-corrected chi connectivity index (χ3v) is 8.26. The van der Waals surface area contributed by atoms with Crippen molar-refractivity contribution in [2.45, 2.75) is 0 Å². The zero-order valence-corrected chi connectivity index (χ0v) is 21.6. The van der Waals surface area contributed by atoms with Gasteiger partial charge in [0.05, 0.1) is 9.85 Å². The molecule has 0 bridgehead atoms. The Labute approximate surface area is 236 Å². The van der Waals surface area contributed by atoms with Gasteiger partial charge in [0.1, 0.15) is 5.56 Å². The Morgan fingerprint density at radius 2 is 1.10 bits per heavy atom. The molecule has 0 aliphatic heterocycles. The third kappa shape index (κ3) is 3.11. The van der Waals surface area contributed by atoms with E-state index in [4.69, 9.17) is 0 Å². The first-order valence-corrected chi connectivity index (χ1v) is 13.1. The standard InChI is InChI=1S/C34H16N2O6/c37-33-24-7-2-1-6-22(24)26-14-18(11-17-5-3-9-25(33)30(17)26)19-12-20-13-21(35(39)40)16-28-31(20)27(15-19)23-8-4-10-29(36(41)42)32(23)34(28)38/h1-16H. The molecule has 6 aromatic rings. The van der Waals surface area contributed by atoms with Crippen LogP contribution in [0.2, 0.25) is 0 Å². The van der Waals surface area contributed by atoms with Gasteiger partial charge in [-0.15, -0.1) is 0 Å². The fourth-order valence-corrected chi connectivity index (χ4v) is 6.51. The van der Waals surface area contributed by atoms with E-state index < -0.39 is 15.6 Å². The second kappa shape index (κ2) is 8.25. The van der Waals surface area contributed by atoms with Gasteiger partial charge in [-0.25, -0.2) is 0 Å². The van der Waals surface area contributed by atoms with Crippen molar-refractivity contribution in [3.63, 3.8) is 0 Å². The molecule has 8 heteroatoms. The SMILES string of the molecule is O=C1c2ccccc2-c2cc(-c3cc4c5c(cc([N+](=O)[O-])cc5c3)C(=O)c3c-4cccc3[N+](=O)[O-])cc3cccc1c23. The smallest absolute Gasteiger partial charge is 0.281 e. The van der Waals surface area contributed by atoms with Crippen molar-refractivity contribution in [1.82, 2.24) is 0 Å². The van der Waals surface area contributed by atoms with Crippen LogP contribution in [0.3, 0.4) is 0 Å². The zero-order valence-electron chi connectivity index (χ0n) is 21.6. The molecule has 8 rings (SSSR count). The lowest BCUT2D eigenvalue weighted by atomic mass is 9.79. The van der Waals surface area contributed by atoms with Crippen LogP contribution in [0.25, 0.3) is 54.9 Å². The van der Waals surface area contributed by atoms with E-state index in [1.54, 1.807) is 6.07 Å². The summed E-state index contributed by atoms with van der Waals surface area (Å²) in [5, 5.41) is 26.5. The predicted octanol–water partition coefficient (Wildman–Crippen LogP) is 7.90. The minimum Gasteiger partial charge on any atom is -0.289 e. The number of hydrogen-bond donors (Lipinski definition) is 0. The normalized spacial score (nSPS) is 12.8. The minimum absolute atomic E-state index is 0.0331. The van der Waals surface area contributed by atoms with Crippen molar-refractivity contribution >= 4 is 44.5 Å². The van der Waals surface area contributed by atoms with E-state index in [1.807, 2.05) is 66.7 Å². The number of hydrogen-bond acceptors (Lipinski definition) is 6. The fourth-order valence-electron chi connectivity index (χ4n) is 6.51. The number of non-ortho nitro benzene ring substituents is 1. The first-order chi connectivity index (χ1) is 20.3. The average Bonchev–Trinajstić information content (AvgIpc) is 3.01. The lowest BCUT2D eigenvalue weighted by Crippen LogP contribution is -2.13. The van der Waals surface area contributed by atoms with Crippen molar-refractivity contribution in [2.24, 2.45) is 0 Å². The maximum absolute atomic E-state index is 13.6. The number of carbonyl (C=O) groups is 2. The van der Waals surface area contributed by atoms with Gasteiger partial charge in [-0.05, 0) is 62.9 Å². The summed E-state index contributed by atoms with van der Waals surface area (Å²) in [4.78, 5) is 49.5. The largest absolute Gasteiger partial charge is 0.289 e. The predicted molar refractivity (Wildman–Crippen MR) is 158 cm³/mol. The molecule has 42 heavy (non-hydrogen) atoms. The molecule has 0 heterocycles. The van der Waals surface area contributed by atoms with Crippen LogP contribution >= 0.6 is 0 Å². The van der Waals surface area contributed by atoms with Crippen molar-refractivity contribution in [2.75, 3.05) is 0 Å². The molecule has 0 radical (unpaired) electrons. The number of carbonyl (C=O) groups excluding carboxylic acids is 2. The molecule has 2 aliphatic rings. The molecular formula is C34H16N2O6. The molecule has 0 aromatic heterocycles. The van der Waals surface area contributed by atoms with Crippen molar-refractivity contribution in [1.29, 1.82) is 0 Å². The highest BCUT2D eigenvalue weighted by molar-refractivity contribution is 6.29. The van der Waals surface area contributed by atoms with Gasteiger partial charge < -0.3 is 0 Å². The molecule has 0 spiro atoms. The Balaban J connectivity index is 1.48. The lowest BCUT2D eigenvalue weighted by Gasteiger charge is -2.23. The molecule has 0 amide bonds. The highest BCUT2D eigenvalue weighted by Gasteiger charge is 2.34. The highest BCUT2D eigenvalue weighted by atomic mass is 16.6. The van der Waals surface area contributed by atoms with Crippen molar-refractivity contribution in [3.05, 3.63) is 140 Å². The molecule has 0 saturated heterocycles. The molecule has 6 aromatic carbocycles. The Kier molecular flexibility index (Phi) is 4.68. The number of nitrogens with zero attached hydrogens (tertiary/aromatic N) is 2. The van der Waals surface area contributed by atoms with Crippen molar-refractivity contribution < 1.29 is 19.4 Å². The molecule has 0 unspecified atom stereocenters. The number of benzene rings is 6. The van der Waals surface area contributed by atoms with E-state index in [-0.39, 0.29) is 28.3 Å². The summed E-state index contributed by atoms with van der Waals surface area (Å²) >= 11 is 0. The van der Waals surface area contributed by atoms with Crippen LogP contribution in [0.5, 0.6) is 0 Å². The van der Waals surface area contributed by atoms with E-state index in [2.05, 4.69) is 0 Å². The fraction of sp³-hybridized carbons (Fsp3) is 0. The van der Waals surface area contributed by atoms with Gasteiger partial charge in [-0.2, -0.15) is 0 Å². The summed E-state index contributed by atoms with van der Waals surface area (Å²) in [5.74, 6) is -0.649. The third-order valence-electron chi connectivity index (χ3n) is 8.26. The molecule has 0 atom stereocenters. The molecule has 2 aliphatic carbocycles. The lowest BCUT2D eigenvalue weighted by molar-refractivity contribution is -0.385. The van der Waals surface area contributed by atoms with Gasteiger partial charge in [0.2, 0.25) is 5.78 Å². The van der Waals surface area contributed by atoms with Crippen LogP contribution in [0.4, 0.5) is 11.4 Å². The Morgan fingerprint density at radius 1 is 0.476 bits per heavy atom. The van der Waals surface area contributed by atoms with E-state index >= 15 is 0 Å². The van der Waals surface area contributed by atoms with Crippen LogP contribution in [0.1, 0.15) is 31.8 Å². The van der Waals surface area contributed by atoms with Gasteiger partial charge in [0.15, 0.2) is 5.78 Å². The Hall–Kier alpha value is -6.02. The van der Waals surface area contributed by atoms with Crippen LogP contribution in [-0.4, -0.2) is 21.4 Å². The van der Waals surface area contributed by atoms with Gasteiger partial charge in [-0.1, -0.05) is 54.6 Å². The van der Waals surface area contributed by atoms with E-state index in [0.717, 1.165) is 27.5 Å². The molecule has 8 nitrogen and oxygen atoms in total. The summed E-state index contributed by atoms with van der Waals surface area (Å²) in [5.41, 5.74) is 4.82. The second-order valence-electron chi connectivity index (χ2n) is 10.5. The summed E-state index contributed by atoms with van der Waals surface area (Å²) in [6, 6.07) is 27.8. The quantitative estimate of drug-likeness (QED) is 0.163. The molecule has 0 N–H and O–H groups in total. The number of rotatable bonds is 3. The zero-order chi connectivity index (χ0) is 28.9. The first-order valence-electron chi connectivity index (χ1n) is 13.1. The number of fused-ring (bicyclic) bond motifs is 4. The molecular weight excluding hydrogens is 532 g/mol. The monoisotopic (exact) mass is 548 g/mol. The van der Waals surface area contributed by atoms with Crippen LogP contribution in [0, 0.1) is 20.2 Å². The maximum atomic E-state index is 13.6. The topological polar surface area (TPSA) is 120 Å². The number of nitro groups is 2. The van der Waals surface area contributed by atoms with E-state index in [9.17, 15) is 29.8 Å². The number of nitro benzene ring substituents is 2. The molecule has 0 saturated carbocycles. The van der Waals surface area contributed by atoms with E-state index in [0.29, 0.717) is 38.6 Å². The number of ketones is 2. The summed E-state index contributed by atoms with van der Waals surface area (Å²) in [7, 11) is 0. The summed E-state index contributed by atoms with van der Waals surface area (Å²) in [6.45, 7) is 0. The van der Waals surface area contributed by atoms with Crippen molar-refractivity contribution in [3.8, 4) is 33.4 Å². The maximum Gasteiger partial charge on any atom is 0.281 e.